The van der Waals surface area contributed by atoms with Crippen LogP contribution in [0.4, 0.5) is 0 Å². The summed E-state index contributed by atoms with van der Waals surface area (Å²) >= 11 is 0. The molecule has 0 bridgehead atoms. The van der Waals surface area contributed by atoms with Gasteiger partial charge >= 0.3 is 11.9 Å². The van der Waals surface area contributed by atoms with Crippen LogP contribution >= 0.6 is 0 Å². The third-order valence-electron chi connectivity index (χ3n) is 6.68. The number of esters is 1. The first-order valence-corrected chi connectivity index (χ1v) is 12.8. The van der Waals surface area contributed by atoms with Gasteiger partial charge in [0.1, 0.15) is 12.1 Å². The van der Waals surface area contributed by atoms with Gasteiger partial charge in [-0.2, -0.15) is 0 Å². The summed E-state index contributed by atoms with van der Waals surface area (Å²) in [5.74, 6) is -3.16. The lowest BCUT2D eigenvalue weighted by Gasteiger charge is -2.37. The molecule has 1 aliphatic rings. The number of hydrogen-bond acceptors (Lipinski definition) is 10. The third-order valence-corrected chi connectivity index (χ3v) is 6.68. The molecule has 12 nitrogen and oxygen atoms in total. The number of aliphatic hydroxyl groups is 1. The molecule has 1 aliphatic heterocycles. The molecule has 1 heterocycles. The summed E-state index contributed by atoms with van der Waals surface area (Å²) in [6.45, 7) is 7.21. The molecule has 2 aromatic carbocycles. The highest BCUT2D eigenvalue weighted by molar-refractivity contribution is 6.26. The predicted molar refractivity (Wildman–Crippen MR) is 142 cm³/mol. The Balaban J connectivity index is 0.000000840. The topological polar surface area (TPSA) is 159 Å². The average molecular weight is 563 g/mol. The molecule has 2 aromatic rings. The van der Waals surface area contributed by atoms with Crippen LogP contribution in [0, 0.1) is 0 Å². The second-order valence-electron chi connectivity index (χ2n) is 9.14. The second kappa shape index (κ2) is 16.3. The van der Waals surface area contributed by atoms with E-state index in [2.05, 4.69) is 11.8 Å². The Bertz CT molecular complexity index is 1070. The summed E-state index contributed by atoms with van der Waals surface area (Å²) in [4.78, 5) is 34.3. The molecule has 0 radical (unpaired) electrons. The maximum atomic E-state index is 12.5. The lowest BCUT2D eigenvalue weighted by Crippen LogP contribution is -3.18. The van der Waals surface area contributed by atoms with Crippen LogP contribution in [-0.2, 0) is 14.3 Å². The molecular formula is C28H38N2O10. The summed E-state index contributed by atoms with van der Waals surface area (Å²) in [5.41, 5.74) is 1.33. The van der Waals surface area contributed by atoms with Gasteiger partial charge in [0, 0.05) is 19.6 Å². The first-order valence-electron chi connectivity index (χ1n) is 12.8. The van der Waals surface area contributed by atoms with Gasteiger partial charge in [0.05, 0.1) is 46.6 Å². The van der Waals surface area contributed by atoms with E-state index in [9.17, 15) is 9.90 Å². The molecule has 0 aromatic heterocycles. The van der Waals surface area contributed by atoms with E-state index in [-0.39, 0.29) is 6.04 Å². The Morgan fingerprint density at radius 1 is 1.00 bits per heavy atom. The molecule has 0 aliphatic carbocycles. The minimum atomic E-state index is -2.07. The van der Waals surface area contributed by atoms with Gasteiger partial charge in [-0.15, -0.1) is 0 Å². The Kier molecular flexibility index (Phi) is 13.2. The molecule has 220 valence electrons. The number of hydrogen-bond donors (Lipinski definition) is 3. The lowest BCUT2D eigenvalue weighted by atomic mass is 10.0. The number of nitrogens with one attached hydrogen (secondary N) is 1. The highest BCUT2D eigenvalue weighted by Gasteiger charge is 2.29. The standard InChI is InChI=1S/C26H36N2O6.C2H2O4/c1-19(24(29)20-9-6-5-7-10-20)28-14-12-27(13-15-28)11-8-16-34-26(30)21-17-22(31-2)25(33-4)23(18-21)32-3;3-1(4)2(5)6/h5-7,9-10,17-19,24,29H,8,11-16H2,1-4H3;(H,3,4)(H,5,6). The zero-order chi connectivity index (χ0) is 29.7. The smallest absolute Gasteiger partial charge is 0.351 e. The quantitative estimate of drug-likeness (QED) is 0.182. The van der Waals surface area contributed by atoms with Crippen molar-refractivity contribution in [2.75, 3.05) is 60.7 Å². The fourth-order valence-corrected chi connectivity index (χ4v) is 4.42. The van der Waals surface area contributed by atoms with Crippen molar-refractivity contribution in [3.8, 4) is 17.2 Å². The molecule has 0 saturated carbocycles. The number of carbonyl (C=O) groups excluding carboxylic acids is 2. The summed E-state index contributed by atoms with van der Waals surface area (Å²) in [6, 6.07) is 13.2. The fourth-order valence-electron chi connectivity index (χ4n) is 4.42. The number of ether oxygens (including phenoxy) is 4. The number of benzene rings is 2. The van der Waals surface area contributed by atoms with Gasteiger partial charge in [-0.1, -0.05) is 30.3 Å². The average Bonchev–Trinajstić information content (AvgIpc) is 2.98. The Labute approximate surface area is 233 Å². The number of rotatable bonds is 11. The number of piperazine rings is 1. The summed E-state index contributed by atoms with van der Waals surface area (Å²) in [7, 11) is 4.54. The molecule has 0 spiro atoms. The normalized spacial score (nSPS) is 15.1. The van der Waals surface area contributed by atoms with Crippen molar-refractivity contribution in [2.24, 2.45) is 0 Å². The number of quaternary nitrogens is 1. The van der Waals surface area contributed by atoms with E-state index in [0.29, 0.717) is 29.4 Å². The zero-order valence-electron chi connectivity index (χ0n) is 23.3. The number of carbonyl (C=O) groups is 3. The Morgan fingerprint density at radius 3 is 2.02 bits per heavy atom. The first kappa shape index (κ1) is 32.3. The first-order chi connectivity index (χ1) is 19.1. The molecule has 0 amide bonds. The van der Waals surface area contributed by atoms with Gasteiger partial charge in [0.2, 0.25) is 5.75 Å². The van der Waals surface area contributed by atoms with Gasteiger partial charge in [-0.25, -0.2) is 9.59 Å². The maximum Gasteiger partial charge on any atom is 0.351 e. The highest BCUT2D eigenvalue weighted by Crippen LogP contribution is 2.38. The van der Waals surface area contributed by atoms with Crippen molar-refractivity contribution < 1.29 is 53.6 Å². The van der Waals surface area contributed by atoms with Gasteiger partial charge in [-0.3, -0.25) is 4.90 Å². The molecule has 40 heavy (non-hydrogen) atoms. The van der Waals surface area contributed by atoms with Crippen molar-refractivity contribution in [1.29, 1.82) is 0 Å². The van der Waals surface area contributed by atoms with E-state index < -0.39 is 24.0 Å². The van der Waals surface area contributed by atoms with Crippen LogP contribution in [0.5, 0.6) is 17.2 Å². The molecule has 1 fully saturated rings. The van der Waals surface area contributed by atoms with E-state index in [0.717, 1.165) is 44.7 Å². The molecular weight excluding hydrogens is 524 g/mol. The number of nitrogens with zero attached hydrogens (tertiary/aromatic N) is 1. The van der Waals surface area contributed by atoms with Crippen LogP contribution in [0.25, 0.3) is 0 Å². The van der Waals surface area contributed by atoms with Gasteiger partial charge in [0.15, 0.2) is 17.5 Å². The van der Waals surface area contributed by atoms with E-state index in [1.807, 2.05) is 30.3 Å². The SMILES string of the molecule is COc1cc(C(=O)OCCCN2CC[NH+](C(C)C(O)c3ccccc3)CC2)cc(OC)c1OC.O=C([O-])C(=O)O. The molecule has 12 heteroatoms. The summed E-state index contributed by atoms with van der Waals surface area (Å²) < 4.78 is 21.4. The van der Waals surface area contributed by atoms with Crippen LogP contribution in [0.1, 0.15) is 35.4 Å². The summed E-state index contributed by atoms with van der Waals surface area (Å²) in [5, 5.41) is 27.0. The highest BCUT2D eigenvalue weighted by atomic mass is 16.5. The second-order valence-corrected chi connectivity index (χ2v) is 9.14. The van der Waals surface area contributed by atoms with Crippen molar-refractivity contribution in [2.45, 2.75) is 25.5 Å². The van der Waals surface area contributed by atoms with E-state index in [1.165, 1.54) is 26.2 Å². The summed E-state index contributed by atoms with van der Waals surface area (Å²) in [6.07, 6.45) is 0.297. The predicted octanol–water partition coefficient (Wildman–Crippen LogP) is -0.597. The van der Waals surface area contributed by atoms with Gasteiger partial charge in [0.25, 0.3) is 0 Å². The fraction of sp³-hybridized carbons (Fsp3) is 0.464. The van der Waals surface area contributed by atoms with Crippen LogP contribution < -0.4 is 24.2 Å². The van der Waals surface area contributed by atoms with E-state index >= 15 is 0 Å². The number of carboxylic acids is 2. The maximum absolute atomic E-state index is 12.5. The monoisotopic (exact) mass is 562 g/mol. The van der Waals surface area contributed by atoms with Gasteiger partial charge < -0.3 is 44.0 Å². The number of carboxylic acid groups (broad SMARTS) is 2. The van der Waals surface area contributed by atoms with Crippen LogP contribution in [0.2, 0.25) is 0 Å². The largest absolute Gasteiger partial charge is 0.539 e. The van der Waals surface area contributed by atoms with Crippen molar-refractivity contribution in [3.63, 3.8) is 0 Å². The Hall–Kier alpha value is -3.87. The molecule has 3 rings (SSSR count). The minimum absolute atomic E-state index is 0.143. The van der Waals surface area contributed by atoms with Crippen LogP contribution in [-0.4, -0.2) is 99.7 Å². The number of aliphatic carboxylic acids is 2. The third kappa shape index (κ3) is 9.40. The molecule has 1 saturated heterocycles. The Morgan fingerprint density at radius 2 is 1.55 bits per heavy atom. The zero-order valence-corrected chi connectivity index (χ0v) is 23.3. The molecule has 2 atom stereocenters. The molecule has 3 N–H and O–H groups in total. The van der Waals surface area contributed by atoms with Crippen LogP contribution in [0.15, 0.2) is 42.5 Å². The number of methoxy groups -OCH3 is 3. The van der Waals surface area contributed by atoms with Crippen molar-refractivity contribution in [3.05, 3.63) is 53.6 Å². The van der Waals surface area contributed by atoms with Gasteiger partial charge in [-0.05, 0) is 31.0 Å². The van der Waals surface area contributed by atoms with E-state index in [4.69, 9.17) is 38.7 Å². The lowest BCUT2D eigenvalue weighted by molar-refractivity contribution is -0.932. The molecule has 2 unspecified atom stereocenters. The minimum Gasteiger partial charge on any atom is -0.539 e. The number of aliphatic hydroxyl groups excluding tert-OH is 1. The van der Waals surface area contributed by atoms with E-state index in [1.54, 1.807) is 12.1 Å². The van der Waals surface area contributed by atoms with Crippen molar-refractivity contribution >= 4 is 17.9 Å². The van der Waals surface area contributed by atoms with Crippen LogP contribution in [0.3, 0.4) is 0 Å². The van der Waals surface area contributed by atoms with Crippen molar-refractivity contribution in [1.82, 2.24) is 4.90 Å².